The Kier molecular flexibility index (Phi) is 7.15. The number of nitrogens with one attached hydrogen (secondary N) is 1. The molecule has 166 valence electrons. The number of hydrogen-bond acceptors (Lipinski definition) is 4. The van der Waals surface area contributed by atoms with Crippen molar-refractivity contribution in [3.05, 3.63) is 65.7 Å². The van der Waals surface area contributed by atoms with Crippen molar-refractivity contribution in [3.63, 3.8) is 0 Å². The van der Waals surface area contributed by atoms with Crippen LogP contribution in [-0.4, -0.2) is 29.5 Å². The highest BCUT2D eigenvalue weighted by Crippen LogP contribution is 2.30. The van der Waals surface area contributed by atoms with Gasteiger partial charge in [-0.1, -0.05) is 80.6 Å². The van der Waals surface area contributed by atoms with Gasteiger partial charge in [0.25, 0.3) is 5.91 Å². The molecule has 3 aromatic rings. The van der Waals surface area contributed by atoms with E-state index >= 15 is 0 Å². The van der Waals surface area contributed by atoms with Gasteiger partial charge >= 0.3 is 5.97 Å². The Hall–Kier alpha value is -3.21. The minimum Gasteiger partial charge on any atom is -0.452 e. The second-order valence-corrected chi connectivity index (χ2v) is 8.53. The molecule has 0 unspecified atom stereocenters. The van der Waals surface area contributed by atoms with Crippen LogP contribution < -0.4 is 5.32 Å². The van der Waals surface area contributed by atoms with Gasteiger partial charge in [-0.05, 0) is 31.4 Å². The molecule has 0 bridgehead atoms. The fourth-order valence-corrected chi connectivity index (χ4v) is 4.52. The molecule has 0 aliphatic heterocycles. The van der Waals surface area contributed by atoms with E-state index in [0.717, 1.165) is 53.4 Å². The number of para-hydroxylation sites is 1. The van der Waals surface area contributed by atoms with Crippen LogP contribution in [0.3, 0.4) is 0 Å². The van der Waals surface area contributed by atoms with E-state index < -0.39 is 5.97 Å². The van der Waals surface area contributed by atoms with E-state index in [2.05, 4.69) is 5.32 Å². The standard InChI is InChI=1S/C27H30N2O3/c1-19-25(27(31)32-18-24(30)28-21-14-8-3-2-4-9-15-21)22-16-10-11-17-23(22)29-26(19)20-12-6-5-7-13-20/h5-7,10-13,16-17,21H,2-4,8-9,14-15,18H2,1H3,(H,28,30). The number of fused-ring (bicyclic) bond motifs is 1. The number of carbonyl (C=O) groups is 2. The maximum Gasteiger partial charge on any atom is 0.339 e. The molecule has 32 heavy (non-hydrogen) atoms. The summed E-state index contributed by atoms with van der Waals surface area (Å²) in [5.74, 6) is -0.727. The van der Waals surface area contributed by atoms with Gasteiger partial charge in [0, 0.05) is 17.0 Å². The van der Waals surface area contributed by atoms with Crippen molar-refractivity contribution in [1.29, 1.82) is 0 Å². The number of benzene rings is 2. The van der Waals surface area contributed by atoms with Gasteiger partial charge in [-0.25, -0.2) is 9.78 Å². The maximum absolute atomic E-state index is 13.1. The quantitative estimate of drug-likeness (QED) is 0.535. The van der Waals surface area contributed by atoms with Crippen LogP contribution in [0.4, 0.5) is 0 Å². The minimum atomic E-state index is -0.494. The van der Waals surface area contributed by atoms with Crippen molar-refractivity contribution in [2.45, 2.75) is 57.9 Å². The lowest BCUT2D eigenvalue weighted by molar-refractivity contribution is -0.125. The third-order valence-electron chi connectivity index (χ3n) is 6.19. The predicted octanol–water partition coefficient (Wildman–Crippen LogP) is 5.60. The summed E-state index contributed by atoms with van der Waals surface area (Å²) in [6, 6.07) is 17.5. The normalized spacial score (nSPS) is 15.0. The molecule has 5 heteroatoms. The van der Waals surface area contributed by atoms with Gasteiger partial charge in [-0.3, -0.25) is 4.79 Å². The molecule has 1 fully saturated rings. The Morgan fingerprint density at radius 1 is 0.938 bits per heavy atom. The highest BCUT2D eigenvalue weighted by Gasteiger charge is 2.21. The van der Waals surface area contributed by atoms with Crippen molar-refractivity contribution < 1.29 is 14.3 Å². The Labute approximate surface area is 189 Å². The van der Waals surface area contributed by atoms with Gasteiger partial charge < -0.3 is 10.1 Å². The number of ether oxygens (including phenoxy) is 1. The first kappa shape index (κ1) is 22.0. The fourth-order valence-electron chi connectivity index (χ4n) is 4.52. The van der Waals surface area contributed by atoms with Crippen molar-refractivity contribution >= 4 is 22.8 Å². The summed E-state index contributed by atoms with van der Waals surface area (Å²) in [5.41, 5.74) is 3.62. The van der Waals surface area contributed by atoms with Gasteiger partial charge in [0.05, 0.1) is 16.8 Å². The maximum atomic E-state index is 13.1. The molecule has 5 nitrogen and oxygen atoms in total. The third-order valence-corrected chi connectivity index (χ3v) is 6.19. The average Bonchev–Trinajstić information content (AvgIpc) is 2.79. The van der Waals surface area contributed by atoms with Crippen molar-refractivity contribution in [1.82, 2.24) is 10.3 Å². The Bertz CT molecular complexity index is 1090. The number of rotatable bonds is 5. The number of amides is 1. The molecule has 0 spiro atoms. The number of pyridine rings is 1. The molecular weight excluding hydrogens is 400 g/mol. The van der Waals surface area contributed by atoms with Crippen LogP contribution in [0.1, 0.15) is 60.9 Å². The molecule has 0 atom stereocenters. The number of carbonyl (C=O) groups excluding carboxylic acids is 2. The topological polar surface area (TPSA) is 68.3 Å². The summed E-state index contributed by atoms with van der Waals surface area (Å²) in [4.78, 5) is 30.4. The Morgan fingerprint density at radius 2 is 1.59 bits per heavy atom. The summed E-state index contributed by atoms with van der Waals surface area (Å²) in [6.45, 7) is 1.61. The first-order valence-electron chi connectivity index (χ1n) is 11.5. The molecule has 4 rings (SSSR count). The number of hydrogen-bond donors (Lipinski definition) is 1. The van der Waals surface area contributed by atoms with E-state index in [1.54, 1.807) is 0 Å². The molecule has 1 aromatic heterocycles. The lowest BCUT2D eigenvalue weighted by atomic mass is 9.97. The van der Waals surface area contributed by atoms with Crippen LogP contribution in [0.15, 0.2) is 54.6 Å². The minimum absolute atomic E-state index is 0.176. The summed E-state index contributed by atoms with van der Waals surface area (Å²) in [5, 5.41) is 3.79. The van der Waals surface area contributed by atoms with Crippen LogP contribution in [-0.2, 0) is 9.53 Å². The second kappa shape index (κ2) is 10.4. The summed E-state index contributed by atoms with van der Waals surface area (Å²) < 4.78 is 5.49. The van der Waals surface area contributed by atoms with Crippen LogP contribution in [0.2, 0.25) is 0 Å². The van der Waals surface area contributed by atoms with E-state index in [1.807, 2.05) is 61.5 Å². The zero-order chi connectivity index (χ0) is 22.3. The molecule has 1 aliphatic carbocycles. The SMILES string of the molecule is Cc1c(-c2ccccc2)nc2ccccc2c1C(=O)OCC(=O)NC1CCCCCCC1. The van der Waals surface area contributed by atoms with Crippen molar-refractivity contribution in [2.75, 3.05) is 6.61 Å². The smallest absolute Gasteiger partial charge is 0.339 e. The van der Waals surface area contributed by atoms with Gasteiger partial charge in [0.15, 0.2) is 6.61 Å². The third kappa shape index (κ3) is 5.16. The van der Waals surface area contributed by atoms with Crippen molar-refractivity contribution in [2.24, 2.45) is 0 Å². The summed E-state index contributed by atoms with van der Waals surface area (Å²) >= 11 is 0. The second-order valence-electron chi connectivity index (χ2n) is 8.53. The first-order chi connectivity index (χ1) is 15.6. The van der Waals surface area contributed by atoms with Gasteiger partial charge in [0.1, 0.15) is 0 Å². The first-order valence-corrected chi connectivity index (χ1v) is 11.5. The average molecular weight is 431 g/mol. The van der Waals surface area contributed by atoms with Crippen LogP contribution in [0.25, 0.3) is 22.2 Å². The van der Waals surface area contributed by atoms with E-state index in [9.17, 15) is 9.59 Å². The molecular formula is C27H30N2O3. The van der Waals surface area contributed by atoms with Crippen LogP contribution >= 0.6 is 0 Å². The fraction of sp³-hybridized carbons (Fsp3) is 0.370. The molecule has 0 radical (unpaired) electrons. The summed E-state index contributed by atoms with van der Waals surface area (Å²) in [7, 11) is 0. The lowest BCUT2D eigenvalue weighted by Gasteiger charge is -2.21. The Morgan fingerprint density at radius 3 is 2.34 bits per heavy atom. The highest BCUT2D eigenvalue weighted by atomic mass is 16.5. The molecule has 0 saturated heterocycles. The van der Waals surface area contributed by atoms with Gasteiger partial charge in [0.2, 0.25) is 0 Å². The van der Waals surface area contributed by atoms with E-state index in [0.29, 0.717) is 5.56 Å². The summed E-state index contributed by atoms with van der Waals surface area (Å²) in [6.07, 6.45) is 7.98. The Balaban J connectivity index is 1.52. The van der Waals surface area contributed by atoms with Crippen LogP contribution in [0, 0.1) is 6.92 Å². The molecule has 1 N–H and O–H groups in total. The van der Waals surface area contributed by atoms with E-state index in [1.165, 1.54) is 19.3 Å². The molecule has 1 aliphatic rings. The molecule has 1 amide bonds. The van der Waals surface area contributed by atoms with Crippen molar-refractivity contribution in [3.8, 4) is 11.3 Å². The number of nitrogens with zero attached hydrogens (tertiary/aromatic N) is 1. The predicted molar refractivity (Wildman–Crippen MR) is 126 cm³/mol. The monoisotopic (exact) mass is 430 g/mol. The van der Waals surface area contributed by atoms with E-state index in [4.69, 9.17) is 9.72 Å². The zero-order valence-corrected chi connectivity index (χ0v) is 18.6. The largest absolute Gasteiger partial charge is 0.452 e. The van der Waals surface area contributed by atoms with Crippen LogP contribution in [0.5, 0.6) is 0 Å². The van der Waals surface area contributed by atoms with Gasteiger partial charge in [-0.15, -0.1) is 0 Å². The highest BCUT2D eigenvalue weighted by molar-refractivity contribution is 6.06. The van der Waals surface area contributed by atoms with Gasteiger partial charge in [-0.2, -0.15) is 0 Å². The number of esters is 1. The zero-order valence-electron chi connectivity index (χ0n) is 18.6. The lowest BCUT2D eigenvalue weighted by Crippen LogP contribution is -2.38. The molecule has 2 aromatic carbocycles. The number of aromatic nitrogens is 1. The molecule has 1 heterocycles. The van der Waals surface area contributed by atoms with E-state index in [-0.39, 0.29) is 18.6 Å². The molecule has 1 saturated carbocycles.